The normalized spacial score (nSPS) is 10.7. The minimum absolute atomic E-state index is 0.0956. The molecule has 0 bridgehead atoms. The van der Waals surface area contributed by atoms with Crippen LogP contribution in [0.2, 0.25) is 0 Å². The van der Waals surface area contributed by atoms with Gasteiger partial charge >= 0.3 is 0 Å². The van der Waals surface area contributed by atoms with Gasteiger partial charge in [-0.2, -0.15) is 15.1 Å². The number of halogens is 1. The fraction of sp³-hybridized carbons (Fsp3) is 0.0833. The van der Waals surface area contributed by atoms with Gasteiger partial charge in [0.05, 0.1) is 18.7 Å². The lowest BCUT2D eigenvalue weighted by Gasteiger charge is -2.08. The second-order valence-corrected chi connectivity index (χ2v) is 4.04. The van der Waals surface area contributed by atoms with Gasteiger partial charge in [-0.15, -0.1) is 0 Å². The van der Waals surface area contributed by atoms with Crippen LogP contribution in [0.1, 0.15) is 0 Å². The number of rotatable bonds is 3. The summed E-state index contributed by atoms with van der Waals surface area (Å²) in [5, 5.41) is 10.2. The number of fused-ring (bicyclic) bond motifs is 1. The van der Waals surface area contributed by atoms with E-state index in [1.165, 1.54) is 19.2 Å². The van der Waals surface area contributed by atoms with Crippen molar-refractivity contribution >= 4 is 28.5 Å². The van der Waals surface area contributed by atoms with Crippen molar-refractivity contribution in [2.24, 2.45) is 0 Å². The molecule has 0 aliphatic carbocycles. The largest absolute Gasteiger partial charge is 0.494 e. The van der Waals surface area contributed by atoms with Crippen molar-refractivity contribution in [2.45, 2.75) is 0 Å². The number of ether oxygens (including phenoxy) is 1. The lowest BCUT2D eigenvalue weighted by Crippen LogP contribution is -2.01. The third-order valence-electron chi connectivity index (χ3n) is 2.74. The monoisotopic (exact) mass is 274 g/mol. The van der Waals surface area contributed by atoms with E-state index in [-0.39, 0.29) is 11.7 Å². The van der Waals surface area contributed by atoms with Gasteiger partial charge in [-0.25, -0.2) is 4.39 Å². The van der Waals surface area contributed by atoms with Gasteiger partial charge in [0.15, 0.2) is 17.2 Å². The maximum Gasteiger partial charge on any atom is 0.224 e. The van der Waals surface area contributed by atoms with Gasteiger partial charge in [-0.3, -0.25) is 5.10 Å². The number of nitrogens with one attached hydrogen (secondary N) is 2. The highest BCUT2D eigenvalue weighted by molar-refractivity contribution is 5.88. The van der Waals surface area contributed by atoms with Gasteiger partial charge < -0.3 is 15.8 Å². The highest BCUT2D eigenvalue weighted by atomic mass is 19.1. The summed E-state index contributed by atoms with van der Waals surface area (Å²) >= 11 is 0. The summed E-state index contributed by atoms with van der Waals surface area (Å²) in [5.74, 6) is 0.248. The van der Waals surface area contributed by atoms with Crippen molar-refractivity contribution in [1.82, 2.24) is 20.2 Å². The lowest BCUT2D eigenvalue weighted by molar-refractivity contribution is 0.386. The fourth-order valence-electron chi connectivity index (χ4n) is 1.83. The number of benzene rings is 1. The number of aromatic amines is 1. The van der Waals surface area contributed by atoms with E-state index in [1.54, 1.807) is 12.3 Å². The molecule has 0 atom stereocenters. The second-order valence-electron chi connectivity index (χ2n) is 4.04. The Hall–Kier alpha value is -2.90. The van der Waals surface area contributed by atoms with Gasteiger partial charge in [-0.05, 0) is 12.1 Å². The standard InChI is InChI=1S/C12H11FN6O/c1-20-9-3-2-6(4-8(9)13)16-10-7-5-15-19-11(7)18-12(14)17-10/h2-5H,1H3,(H4,14,15,16,17,18,19). The van der Waals surface area contributed by atoms with Gasteiger partial charge in [0, 0.05) is 11.8 Å². The predicted molar refractivity (Wildman–Crippen MR) is 72.3 cm³/mol. The number of aromatic nitrogens is 4. The Morgan fingerprint density at radius 1 is 1.35 bits per heavy atom. The first kappa shape index (κ1) is 12.2. The van der Waals surface area contributed by atoms with E-state index >= 15 is 0 Å². The molecule has 3 aromatic rings. The molecule has 20 heavy (non-hydrogen) atoms. The zero-order chi connectivity index (χ0) is 14.1. The van der Waals surface area contributed by atoms with E-state index in [4.69, 9.17) is 10.5 Å². The molecule has 0 aliphatic rings. The summed E-state index contributed by atoms with van der Waals surface area (Å²) in [6, 6.07) is 4.50. The molecule has 0 fully saturated rings. The number of nitrogens with zero attached hydrogens (tertiary/aromatic N) is 3. The molecule has 0 radical (unpaired) electrons. The van der Waals surface area contributed by atoms with Crippen molar-refractivity contribution < 1.29 is 9.13 Å². The summed E-state index contributed by atoms with van der Waals surface area (Å²) in [7, 11) is 1.41. The highest BCUT2D eigenvalue weighted by Gasteiger charge is 2.09. The van der Waals surface area contributed by atoms with Crippen LogP contribution in [0.15, 0.2) is 24.4 Å². The number of anilines is 3. The summed E-state index contributed by atoms with van der Waals surface area (Å²) < 4.78 is 18.5. The highest BCUT2D eigenvalue weighted by Crippen LogP contribution is 2.26. The van der Waals surface area contributed by atoms with Crippen LogP contribution in [0.5, 0.6) is 5.75 Å². The second kappa shape index (κ2) is 4.65. The Bertz CT molecular complexity index is 772. The molecule has 2 aromatic heterocycles. The van der Waals surface area contributed by atoms with E-state index in [0.29, 0.717) is 22.5 Å². The van der Waals surface area contributed by atoms with Crippen LogP contribution in [0.4, 0.5) is 21.8 Å². The van der Waals surface area contributed by atoms with E-state index in [0.717, 1.165) is 0 Å². The topological polar surface area (TPSA) is 102 Å². The smallest absolute Gasteiger partial charge is 0.224 e. The van der Waals surface area contributed by atoms with Crippen molar-refractivity contribution in [3.63, 3.8) is 0 Å². The minimum atomic E-state index is -0.469. The molecule has 4 N–H and O–H groups in total. The molecule has 8 heteroatoms. The summed E-state index contributed by atoms with van der Waals surface area (Å²) in [6.45, 7) is 0. The maximum atomic E-state index is 13.6. The van der Waals surface area contributed by atoms with Crippen molar-refractivity contribution in [1.29, 1.82) is 0 Å². The summed E-state index contributed by atoms with van der Waals surface area (Å²) in [5.41, 5.74) is 6.63. The average Bonchev–Trinajstić information content (AvgIpc) is 2.87. The molecule has 0 aliphatic heterocycles. The molecular weight excluding hydrogens is 263 g/mol. The fourth-order valence-corrected chi connectivity index (χ4v) is 1.83. The van der Waals surface area contributed by atoms with Crippen LogP contribution in [-0.4, -0.2) is 27.3 Å². The first-order valence-corrected chi connectivity index (χ1v) is 5.74. The molecule has 0 unspecified atom stereocenters. The first-order chi connectivity index (χ1) is 9.67. The minimum Gasteiger partial charge on any atom is -0.494 e. The Labute approximate surface area is 113 Å². The molecule has 0 saturated carbocycles. The average molecular weight is 274 g/mol. The molecule has 1 aromatic carbocycles. The van der Waals surface area contributed by atoms with E-state index in [2.05, 4.69) is 25.5 Å². The number of methoxy groups -OCH3 is 1. The van der Waals surface area contributed by atoms with Crippen LogP contribution < -0.4 is 15.8 Å². The van der Waals surface area contributed by atoms with Crippen molar-refractivity contribution in [3.05, 3.63) is 30.2 Å². The first-order valence-electron chi connectivity index (χ1n) is 5.74. The van der Waals surface area contributed by atoms with E-state index in [1.807, 2.05) is 0 Å². The van der Waals surface area contributed by atoms with Crippen molar-refractivity contribution in [3.8, 4) is 5.75 Å². The summed E-state index contributed by atoms with van der Waals surface area (Å²) in [6.07, 6.45) is 1.57. The molecular formula is C12H11FN6O. The lowest BCUT2D eigenvalue weighted by atomic mass is 10.2. The van der Waals surface area contributed by atoms with Gasteiger partial charge in [-0.1, -0.05) is 0 Å². The molecule has 102 valence electrons. The Morgan fingerprint density at radius 3 is 2.95 bits per heavy atom. The number of hydrogen-bond donors (Lipinski definition) is 3. The molecule has 3 rings (SSSR count). The SMILES string of the molecule is COc1ccc(Nc2nc(N)nc3[nH]ncc23)cc1F. The Morgan fingerprint density at radius 2 is 2.20 bits per heavy atom. The summed E-state index contributed by atoms with van der Waals surface area (Å²) in [4.78, 5) is 8.08. The van der Waals surface area contributed by atoms with Crippen LogP contribution in [-0.2, 0) is 0 Å². The van der Waals surface area contributed by atoms with Gasteiger partial charge in [0.1, 0.15) is 5.82 Å². The number of H-pyrrole nitrogens is 1. The molecule has 0 saturated heterocycles. The van der Waals surface area contributed by atoms with Gasteiger partial charge in [0.2, 0.25) is 5.95 Å². The van der Waals surface area contributed by atoms with E-state index < -0.39 is 5.82 Å². The Balaban J connectivity index is 2.00. The van der Waals surface area contributed by atoms with Crippen LogP contribution in [0.3, 0.4) is 0 Å². The Kier molecular flexibility index (Phi) is 2.82. The molecule has 2 heterocycles. The molecule has 0 spiro atoms. The molecule has 7 nitrogen and oxygen atoms in total. The third-order valence-corrected chi connectivity index (χ3v) is 2.74. The number of nitrogens with two attached hydrogens (primary N) is 1. The molecule has 0 amide bonds. The van der Waals surface area contributed by atoms with E-state index in [9.17, 15) is 4.39 Å². The zero-order valence-electron chi connectivity index (χ0n) is 10.5. The van der Waals surface area contributed by atoms with Crippen molar-refractivity contribution in [2.75, 3.05) is 18.2 Å². The van der Waals surface area contributed by atoms with Crippen LogP contribution in [0.25, 0.3) is 11.0 Å². The number of nitrogen functional groups attached to an aromatic ring is 1. The zero-order valence-corrected chi connectivity index (χ0v) is 10.5. The predicted octanol–water partition coefficient (Wildman–Crippen LogP) is 1.83. The van der Waals surface area contributed by atoms with Crippen LogP contribution >= 0.6 is 0 Å². The quantitative estimate of drug-likeness (QED) is 0.673. The van der Waals surface area contributed by atoms with Crippen LogP contribution in [0, 0.1) is 5.82 Å². The maximum absolute atomic E-state index is 13.6. The number of hydrogen-bond acceptors (Lipinski definition) is 6. The third kappa shape index (κ3) is 2.07. The van der Waals surface area contributed by atoms with Gasteiger partial charge in [0.25, 0.3) is 0 Å².